The molecule has 0 aliphatic heterocycles. The fourth-order valence-corrected chi connectivity index (χ4v) is 3.53. The van der Waals surface area contributed by atoms with Crippen molar-refractivity contribution < 1.29 is 9.53 Å². The molecule has 0 radical (unpaired) electrons. The minimum Gasteiger partial charge on any atom is -0.497 e. The molecular weight excluding hydrogens is 334 g/mol. The molecular formula is C19H19N3O2S. The number of nitrogens with zero attached hydrogens (tertiary/aromatic N) is 2. The second kappa shape index (κ2) is 7.90. The number of ether oxygens (including phenoxy) is 1. The van der Waals surface area contributed by atoms with Crippen LogP contribution in [-0.4, -0.2) is 23.2 Å². The number of carbonyl (C=O) groups excluding carboxylic acids is 1. The Morgan fingerprint density at radius 3 is 2.48 bits per heavy atom. The van der Waals surface area contributed by atoms with Gasteiger partial charge in [-0.25, -0.2) is 0 Å². The highest BCUT2D eigenvalue weighted by molar-refractivity contribution is 7.15. The Bertz CT molecular complexity index is 831. The lowest BCUT2D eigenvalue weighted by Crippen LogP contribution is -2.11. The van der Waals surface area contributed by atoms with Crippen LogP contribution < -0.4 is 10.1 Å². The predicted molar refractivity (Wildman–Crippen MR) is 99.4 cm³/mol. The first-order valence-electron chi connectivity index (χ1n) is 8.05. The van der Waals surface area contributed by atoms with E-state index in [-0.39, 0.29) is 11.8 Å². The van der Waals surface area contributed by atoms with E-state index in [9.17, 15) is 4.79 Å². The molecule has 0 bridgehead atoms. The Morgan fingerprint density at radius 1 is 1.12 bits per heavy atom. The minimum absolute atomic E-state index is 0.185. The highest BCUT2D eigenvalue weighted by atomic mass is 32.1. The zero-order chi connectivity index (χ0) is 17.6. The molecule has 0 spiro atoms. The van der Waals surface area contributed by atoms with Gasteiger partial charge in [-0.3, -0.25) is 10.1 Å². The summed E-state index contributed by atoms with van der Waals surface area (Å²) in [5.74, 6) is 0.687. The van der Waals surface area contributed by atoms with E-state index in [2.05, 4.69) is 34.6 Å². The number of benzene rings is 2. The summed E-state index contributed by atoms with van der Waals surface area (Å²) in [6.45, 7) is 2.12. The Hall–Kier alpha value is -2.73. The van der Waals surface area contributed by atoms with Gasteiger partial charge in [0.1, 0.15) is 10.8 Å². The van der Waals surface area contributed by atoms with E-state index in [1.807, 2.05) is 18.2 Å². The largest absolute Gasteiger partial charge is 0.497 e. The maximum atomic E-state index is 12.3. The summed E-state index contributed by atoms with van der Waals surface area (Å²) in [6, 6.07) is 17.2. The molecule has 1 heterocycles. The van der Waals surface area contributed by atoms with Crippen molar-refractivity contribution in [1.82, 2.24) is 10.2 Å². The Labute approximate surface area is 150 Å². The van der Waals surface area contributed by atoms with Gasteiger partial charge in [0.15, 0.2) is 0 Å². The molecule has 2 aromatic carbocycles. The minimum atomic E-state index is -0.210. The van der Waals surface area contributed by atoms with Gasteiger partial charge in [-0.15, -0.1) is 10.2 Å². The van der Waals surface area contributed by atoms with E-state index in [0.717, 1.165) is 11.4 Å². The first-order valence-corrected chi connectivity index (χ1v) is 8.86. The summed E-state index contributed by atoms with van der Waals surface area (Å²) < 4.78 is 5.10. The molecule has 1 amide bonds. The van der Waals surface area contributed by atoms with Crippen molar-refractivity contribution in [2.75, 3.05) is 12.4 Å². The third-order valence-corrected chi connectivity index (χ3v) is 4.87. The lowest BCUT2D eigenvalue weighted by molar-refractivity contribution is 0.102. The number of methoxy groups -OCH3 is 1. The van der Waals surface area contributed by atoms with Crippen molar-refractivity contribution in [2.45, 2.75) is 19.3 Å². The second-order valence-corrected chi connectivity index (χ2v) is 6.51. The fraction of sp³-hybridized carbons (Fsp3) is 0.211. The monoisotopic (exact) mass is 353 g/mol. The van der Waals surface area contributed by atoms with Gasteiger partial charge < -0.3 is 4.74 Å². The van der Waals surface area contributed by atoms with E-state index in [0.29, 0.717) is 16.4 Å². The first-order chi connectivity index (χ1) is 12.2. The van der Waals surface area contributed by atoms with Crippen LogP contribution in [0.2, 0.25) is 0 Å². The predicted octanol–water partition coefficient (Wildman–Crippen LogP) is 4.34. The van der Waals surface area contributed by atoms with Crippen LogP contribution >= 0.6 is 11.3 Å². The van der Waals surface area contributed by atoms with E-state index in [1.54, 1.807) is 31.4 Å². The van der Waals surface area contributed by atoms with Gasteiger partial charge in [0.25, 0.3) is 5.91 Å². The van der Waals surface area contributed by atoms with Crippen molar-refractivity contribution >= 4 is 22.4 Å². The number of rotatable bonds is 6. The quantitative estimate of drug-likeness (QED) is 0.716. The highest BCUT2D eigenvalue weighted by Crippen LogP contribution is 2.31. The smallest absolute Gasteiger partial charge is 0.257 e. The SMILES string of the molecule is CCC(c1ccccc1)c1nnc(NC(=O)c2ccc(OC)cc2)s1. The summed E-state index contributed by atoms with van der Waals surface area (Å²) in [5.41, 5.74) is 1.75. The van der Waals surface area contributed by atoms with Crippen LogP contribution in [0.25, 0.3) is 0 Å². The molecule has 1 aromatic heterocycles. The molecule has 1 unspecified atom stereocenters. The average molecular weight is 353 g/mol. The van der Waals surface area contributed by atoms with E-state index in [4.69, 9.17) is 4.74 Å². The molecule has 5 nitrogen and oxygen atoms in total. The molecule has 3 aromatic rings. The molecule has 3 rings (SSSR count). The summed E-state index contributed by atoms with van der Waals surface area (Å²) in [6.07, 6.45) is 0.922. The highest BCUT2D eigenvalue weighted by Gasteiger charge is 2.18. The van der Waals surface area contributed by atoms with Crippen LogP contribution in [0.15, 0.2) is 54.6 Å². The lowest BCUT2D eigenvalue weighted by atomic mass is 9.97. The summed E-state index contributed by atoms with van der Waals surface area (Å²) >= 11 is 1.41. The van der Waals surface area contributed by atoms with Crippen molar-refractivity contribution in [2.24, 2.45) is 0 Å². The van der Waals surface area contributed by atoms with E-state index in [1.165, 1.54) is 16.9 Å². The molecule has 0 aliphatic carbocycles. The number of amides is 1. The third kappa shape index (κ3) is 4.03. The van der Waals surface area contributed by atoms with Crippen molar-refractivity contribution in [3.05, 3.63) is 70.7 Å². The molecule has 1 atom stereocenters. The van der Waals surface area contributed by atoms with Crippen LogP contribution in [0.4, 0.5) is 5.13 Å². The van der Waals surface area contributed by atoms with E-state index < -0.39 is 0 Å². The summed E-state index contributed by atoms with van der Waals surface area (Å²) in [7, 11) is 1.59. The molecule has 6 heteroatoms. The molecule has 0 aliphatic rings. The number of carbonyl (C=O) groups is 1. The van der Waals surface area contributed by atoms with Crippen molar-refractivity contribution in [3.63, 3.8) is 0 Å². The summed E-state index contributed by atoms with van der Waals surface area (Å²) in [4.78, 5) is 12.3. The van der Waals surface area contributed by atoms with Crippen molar-refractivity contribution in [3.8, 4) is 5.75 Å². The second-order valence-electron chi connectivity index (χ2n) is 5.50. The molecule has 0 saturated carbocycles. The fourth-order valence-electron chi connectivity index (χ4n) is 2.58. The number of anilines is 1. The topological polar surface area (TPSA) is 64.1 Å². The average Bonchev–Trinajstić information content (AvgIpc) is 3.11. The molecule has 128 valence electrons. The summed E-state index contributed by atoms with van der Waals surface area (Å²) in [5, 5.41) is 12.6. The normalized spacial score (nSPS) is 11.8. The molecule has 0 saturated heterocycles. The molecule has 25 heavy (non-hydrogen) atoms. The Balaban J connectivity index is 1.73. The first kappa shape index (κ1) is 17.1. The standard InChI is InChI=1S/C19H19N3O2S/c1-3-16(13-7-5-4-6-8-13)18-21-22-19(25-18)20-17(23)14-9-11-15(24-2)12-10-14/h4-12,16H,3H2,1-2H3,(H,20,22,23). The number of nitrogens with one attached hydrogen (secondary N) is 1. The zero-order valence-corrected chi connectivity index (χ0v) is 14.9. The van der Waals surface area contributed by atoms with Gasteiger partial charge in [-0.2, -0.15) is 0 Å². The lowest BCUT2D eigenvalue weighted by Gasteiger charge is -2.11. The van der Waals surface area contributed by atoms with Crippen molar-refractivity contribution in [1.29, 1.82) is 0 Å². The number of aromatic nitrogens is 2. The van der Waals surface area contributed by atoms with Crippen LogP contribution in [0.5, 0.6) is 5.75 Å². The van der Waals surface area contributed by atoms with Gasteiger partial charge in [0, 0.05) is 11.5 Å². The van der Waals surface area contributed by atoms with Gasteiger partial charge >= 0.3 is 0 Å². The maximum Gasteiger partial charge on any atom is 0.257 e. The zero-order valence-electron chi connectivity index (χ0n) is 14.1. The van der Waals surface area contributed by atoms with Crippen LogP contribution in [0.1, 0.15) is 40.2 Å². The van der Waals surface area contributed by atoms with Gasteiger partial charge in [0.05, 0.1) is 7.11 Å². The number of hydrogen-bond donors (Lipinski definition) is 1. The van der Waals surface area contributed by atoms with Crippen LogP contribution in [0, 0.1) is 0 Å². The molecule has 1 N–H and O–H groups in total. The Morgan fingerprint density at radius 2 is 1.84 bits per heavy atom. The van der Waals surface area contributed by atoms with Gasteiger partial charge in [-0.05, 0) is 36.2 Å². The van der Waals surface area contributed by atoms with E-state index >= 15 is 0 Å². The Kier molecular flexibility index (Phi) is 5.40. The van der Waals surface area contributed by atoms with Crippen LogP contribution in [-0.2, 0) is 0 Å². The number of hydrogen-bond acceptors (Lipinski definition) is 5. The molecule has 0 fully saturated rings. The van der Waals surface area contributed by atoms with Crippen LogP contribution in [0.3, 0.4) is 0 Å². The van der Waals surface area contributed by atoms with Gasteiger partial charge in [0.2, 0.25) is 5.13 Å². The third-order valence-electron chi connectivity index (χ3n) is 3.92. The maximum absolute atomic E-state index is 12.3. The van der Waals surface area contributed by atoms with Gasteiger partial charge in [-0.1, -0.05) is 48.6 Å².